The highest BCUT2D eigenvalue weighted by Gasteiger charge is 2.48. The molecule has 2 aliphatic carbocycles. The number of alkyl halides is 1. The van der Waals surface area contributed by atoms with Gasteiger partial charge in [0.1, 0.15) is 23.7 Å². The summed E-state index contributed by atoms with van der Waals surface area (Å²) in [4.78, 5) is 39.7. The molecule has 2 aromatic rings. The molecule has 0 saturated carbocycles. The van der Waals surface area contributed by atoms with Crippen molar-refractivity contribution in [1.29, 1.82) is 0 Å². The molecule has 1 saturated heterocycles. The van der Waals surface area contributed by atoms with Crippen LogP contribution in [0.1, 0.15) is 68.8 Å². The zero-order valence-electron chi connectivity index (χ0n) is 20.8. The molecular formula is C27H28INO9. The number of ether oxygens (including phenoxy) is 3. The minimum atomic E-state index is -2.07. The van der Waals surface area contributed by atoms with Gasteiger partial charge in [-0.15, -0.1) is 0 Å². The number of carbonyl (C=O) groups excluding carboxylic acids is 3. The van der Waals surface area contributed by atoms with Gasteiger partial charge in [0, 0.05) is 42.0 Å². The van der Waals surface area contributed by atoms with Crippen molar-refractivity contribution in [1.82, 2.24) is 0 Å². The van der Waals surface area contributed by atoms with E-state index in [1.54, 1.807) is 12.1 Å². The maximum Gasteiger partial charge on any atom is 0.198 e. The predicted octanol–water partition coefficient (Wildman–Crippen LogP) is 1.74. The molecule has 6 atom stereocenters. The molecule has 0 radical (unpaired) electrons. The van der Waals surface area contributed by atoms with E-state index in [-0.39, 0.29) is 62.5 Å². The molecule has 1 heterocycles. The first-order valence-electron chi connectivity index (χ1n) is 12.2. The van der Waals surface area contributed by atoms with Gasteiger partial charge in [0.2, 0.25) is 0 Å². The molecule has 1 fully saturated rings. The summed E-state index contributed by atoms with van der Waals surface area (Å²) in [5.41, 5.74) is 4.55. The Morgan fingerprint density at radius 3 is 2.61 bits per heavy atom. The second kappa shape index (κ2) is 9.96. The first-order valence-corrected chi connectivity index (χ1v) is 13.5. The number of rotatable bonds is 5. The van der Waals surface area contributed by atoms with Crippen molar-refractivity contribution in [2.45, 2.75) is 60.3 Å². The Balaban J connectivity index is 1.64. The highest BCUT2D eigenvalue weighted by molar-refractivity contribution is 14.1. The van der Waals surface area contributed by atoms with Crippen LogP contribution in [0.25, 0.3) is 0 Å². The third kappa shape index (κ3) is 4.25. The molecule has 1 aliphatic heterocycles. The highest BCUT2D eigenvalue weighted by Crippen LogP contribution is 2.48. The van der Waals surface area contributed by atoms with Gasteiger partial charge in [-0.25, -0.2) is 0 Å². The standard InChI is InChI=1S/C27H28INO9/c1-11-23(28)16(29)7-20(37-11)38-18-9-27(35,19(31)10-30)8-15-13(18)6-14-22(26(15)34)24(32)12-4-3-5-17(36-2)21(12)25(14)33/h3-6,11,16,18,20,23,30,34-35H,7-10,29H2,1-2H3/t11?,16?,18-,20-,23?,27-/m0/s1. The zero-order chi connectivity index (χ0) is 27.5. The van der Waals surface area contributed by atoms with Gasteiger partial charge in [0.05, 0.1) is 34.4 Å². The SMILES string of the molecule is COc1cccc2c1C(=O)c1cc3c(c(O)c1C2=O)C[C@@](O)(C(=O)CO)C[C@@H]3O[C@H]1CC(N)C(I)C(C)O1. The van der Waals surface area contributed by atoms with Crippen LogP contribution in [0.3, 0.4) is 0 Å². The quantitative estimate of drug-likeness (QED) is 0.239. The van der Waals surface area contributed by atoms with Crippen molar-refractivity contribution in [2.75, 3.05) is 13.7 Å². The Hall–Kier alpha value is -2.42. The van der Waals surface area contributed by atoms with E-state index in [1.807, 2.05) is 6.92 Å². The second-order valence-electron chi connectivity index (χ2n) is 9.99. The summed E-state index contributed by atoms with van der Waals surface area (Å²) in [5.74, 6) is -2.23. The van der Waals surface area contributed by atoms with Gasteiger partial charge in [-0.1, -0.05) is 34.7 Å². The lowest BCUT2D eigenvalue weighted by Crippen LogP contribution is -2.51. The van der Waals surface area contributed by atoms with Gasteiger partial charge >= 0.3 is 0 Å². The number of carbonyl (C=O) groups is 3. The normalized spacial score (nSPS) is 30.3. The Kier molecular flexibility index (Phi) is 7.12. The van der Waals surface area contributed by atoms with Crippen LogP contribution in [-0.4, -0.2) is 74.3 Å². The molecule has 5 N–H and O–H groups in total. The molecule has 0 bridgehead atoms. The van der Waals surface area contributed by atoms with E-state index in [4.69, 9.17) is 19.9 Å². The van der Waals surface area contributed by atoms with Crippen LogP contribution in [-0.2, 0) is 20.7 Å². The van der Waals surface area contributed by atoms with Crippen molar-refractivity contribution in [2.24, 2.45) is 5.73 Å². The molecule has 5 rings (SSSR count). The summed E-state index contributed by atoms with van der Waals surface area (Å²) < 4.78 is 17.6. The lowest BCUT2D eigenvalue weighted by atomic mass is 9.72. The number of fused-ring (bicyclic) bond motifs is 3. The fourth-order valence-electron chi connectivity index (χ4n) is 5.61. The number of nitrogens with two attached hydrogens (primary N) is 1. The number of aliphatic hydroxyl groups excluding tert-OH is 1. The van der Waals surface area contributed by atoms with Crippen LogP contribution in [0.4, 0.5) is 0 Å². The number of phenols is 1. The maximum atomic E-state index is 13.6. The van der Waals surface area contributed by atoms with Crippen LogP contribution in [0.15, 0.2) is 24.3 Å². The smallest absolute Gasteiger partial charge is 0.198 e. The van der Waals surface area contributed by atoms with E-state index in [0.29, 0.717) is 12.0 Å². The van der Waals surface area contributed by atoms with Gasteiger partial charge < -0.3 is 35.3 Å². The van der Waals surface area contributed by atoms with Crippen molar-refractivity contribution >= 4 is 39.9 Å². The maximum absolute atomic E-state index is 13.6. The van der Waals surface area contributed by atoms with E-state index in [1.165, 1.54) is 19.2 Å². The van der Waals surface area contributed by atoms with Crippen molar-refractivity contribution in [3.63, 3.8) is 0 Å². The molecule has 0 amide bonds. The molecule has 11 heteroatoms. The fourth-order valence-corrected chi connectivity index (χ4v) is 6.07. The summed E-state index contributed by atoms with van der Waals surface area (Å²) >= 11 is 2.22. The van der Waals surface area contributed by atoms with Gasteiger partial charge in [0.15, 0.2) is 23.6 Å². The Morgan fingerprint density at radius 1 is 1.24 bits per heavy atom. The minimum absolute atomic E-state index is 0.0299. The lowest BCUT2D eigenvalue weighted by molar-refractivity contribution is -0.222. The van der Waals surface area contributed by atoms with Crippen LogP contribution >= 0.6 is 22.6 Å². The molecule has 3 unspecified atom stereocenters. The van der Waals surface area contributed by atoms with E-state index in [9.17, 15) is 29.7 Å². The number of Topliss-reactive ketones (excluding diaryl/α,β-unsaturated/α-hetero) is 1. The van der Waals surface area contributed by atoms with Crippen molar-refractivity contribution in [3.8, 4) is 11.5 Å². The number of halogens is 1. The third-order valence-corrected chi connectivity index (χ3v) is 9.57. The fraction of sp³-hybridized carbons (Fsp3) is 0.444. The Morgan fingerprint density at radius 2 is 1.95 bits per heavy atom. The number of ketones is 3. The number of aromatic hydroxyl groups is 1. The number of hydrogen-bond donors (Lipinski definition) is 4. The number of methoxy groups -OCH3 is 1. The molecule has 0 spiro atoms. The van der Waals surface area contributed by atoms with Gasteiger partial charge in [0.25, 0.3) is 0 Å². The monoisotopic (exact) mass is 637 g/mol. The van der Waals surface area contributed by atoms with Crippen LogP contribution in [0, 0.1) is 0 Å². The third-order valence-electron chi connectivity index (χ3n) is 7.64. The number of benzene rings is 2. The second-order valence-corrected chi connectivity index (χ2v) is 11.4. The van der Waals surface area contributed by atoms with Crippen LogP contribution in [0.2, 0.25) is 0 Å². The first kappa shape index (κ1) is 27.2. The Bertz CT molecular complexity index is 1330. The molecule has 3 aliphatic rings. The van der Waals surface area contributed by atoms with E-state index in [0.717, 1.165) is 0 Å². The molecule has 2 aromatic carbocycles. The van der Waals surface area contributed by atoms with Crippen LogP contribution in [0.5, 0.6) is 11.5 Å². The van der Waals surface area contributed by atoms with E-state index < -0.39 is 47.7 Å². The highest BCUT2D eigenvalue weighted by atomic mass is 127. The first-order chi connectivity index (χ1) is 18.0. The molecule has 202 valence electrons. The number of phenolic OH excluding ortho intramolecular Hbond substituents is 1. The van der Waals surface area contributed by atoms with Gasteiger partial charge in [-0.3, -0.25) is 14.4 Å². The average Bonchev–Trinajstić information content (AvgIpc) is 2.89. The summed E-state index contributed by atoms with van der Waals surface area (Å²) in [7, 11) is 1.40. The molecule has 10 nitrogen and oxygen atoms in total. The van der Waals surface area contributed by atoms with Crippen LogP contribution < -0.4 is 10.5 Å². The van der Waals surface area contributed by atoms with Gasteiger partial charge in [-0.05, 0) is 24.6 Å². The molecule has 0 aromatic heterocycles. The summed E-state index contributed by atoms with van der Waals surface area (Å²) in [6.45, 7) is 0.942. The van der Waals surface area contributed by atoms with E-state index in [2.05, 4.69) is 22.6 Å². The van der Waals surface area contributed by atoms with Gasteiger partial charge in [-0.2, -0.15) is 0 Å². The summed E-state index contributed by atoms with van der Waals surface area (Å²) in [5, 5.41) is 32.2. The molecular weight excluding hydrogens is 609 g/mol. The average molecular weight is 637 g/mol. The minimum Gasteiger partial charge on any atom is -0.507 e. The zero-order valence-corrected chi connectivity index (χ0v) is 22.9. The van der Waals surface area contributed by atoms with Crippen molar-refractivity contribution in [3.05, 3.63) is 57.6 Å². The summed E-state index contributed by atoms with van der Waals surface area (Å²) in [6.07, 6.45) is -2.30. The predicted molar refractivity (Wildman–Crippen MR) is 142 cm³/mol. The molecule has 38 heavy (non-hydrogen) atoms. The van der Waals surface area contributed by atoms with E-state index >= 15 is 0 Å². The lowest BCUT2D eigenvalue weighted by Gasteiger charge is -2.42. The Labute approximate surface area is 232 Å². The largest absolute Gasteiger partial charge is 0.507 e. The topological polar surface area (TPSA) is 166 Å². The number of aliphatic hydroxyl groups is 2. The number of hydrogen-bond acceptors (Lipinski definition) is 10. The van der Waals surface area contributed by atoms with Crippen molar-refractivity contribution < 1.29 is 43.9 Å². The summed E-state index contributed by atoms with van der Waals surface area (Å²) in [6, 6.07) is 5.86.